The first-order chi connectivity index (χ1) is 5.92. The predicted molar refractivity (Wildman–Crippen MR) is 47.8 cm³/mol. The van der Waals surface area contributed by atoms with Gasteiger partial charge in [-0.05, 0) is 13.5 Å². The average molecular weight is 209 g/mol. The molecule has 5 nitrogen and oxygen atoms in total. The molecule has 1 fully saturated rings. The first kappa shape index (κ1) is 10.9. The van der Waals surface area contributed by atoms with Gasteiger partial charge in [0.15, 0.2) is 0 Å². The van der Waals surface area contributed by atoms with Crippen LogP contribution in [0.2, 0.25) is 0 Å². The van der Waals surface area contributed by atoms with E-state index in [1.807, 2.05) is 11.9 Å². The Morgan fingerprint density at radius 2 is 2.23 bits per heavy atom. The molecule has 0 aromatic rings. The summed E-state index contributed by atoms with van der Waals surface area (Å²) >= 11 is 0. The highest BCUT2D eigenvalue weighted by Crippen LogP contribution is 2.19. The van der Waals surface area contributed by atoms with Crippen molar-refractivity contribution in [1.29, 1.82) is 0 Å². The molecule has 1 saturated heterocycles. The number of likely N-dealkylation sites (tertiary alicyclic amines) is 1. The van der Waals surface area contributed by atoms with Crippen molar-refractivity contribution in [3.8, 4) is 0 Å². The van der Waals surface area contributed by atoms with E-state index in [2.05, 4.69) is 0 Å². The fraction of sp³-hybridized carbons (Fsp3) is 1.00. The van der Waals surface area contributed by atoms with Crippen LogP contribution in [0.5, 0.6) is 0 Å². The quantitative estimate of drug-likeness (QED) is 0.606. The van der Waals surface area contributed by atoms with Gasteiger partial charge in [-0.15, -0.1) is 0 Å². The molecule has 13 heavy (non-hydrogen) atoms. The molecule has 0 aliphatic carbocycles. The van der Waals surface area contributed by atoms with Crippen molar-refractivity contribution in [2.24, 2.45) is 0 Å². The molecule has 0 amide bonds. The van der Waals surface area contributed by atoms with Gasteiger partial charge in [-0.1, -0.05) is 0 Å². The Balaban J connectivity index is 2.49. The summed E-state index contributed by atoms with van der Waals surface area (Å²) in [5, 5.41) is 8.91. The van der Waals surface area contributed by atoms with Gasteiger partial charge in [0.05, 0.1) is 19.0 Å². The van der Waals surface area contributed by atoms with Crippen LogP contribution in [0, 0.1) is 0 Å². The molecule has 1 aliphatic rings. The van der Waals surface area contributed by atoms with Crippen LogP contribution < -0.4 is 0 Å². The van der Waals surface area contributed by atoms with Crippen molar-refractivity contribution in [2.45, 2.75) is 18.6 Å². The fourth-order valence-electron chi connectivity index (χ4n) is 1.56. The van der Waals surface area contributed by atoms with E-state index in [-0.39, 0.29) is 18.8 Å². The Morgan fingerprint density at radius 1 is 1.62 bits per heavy atom. The second kappa shape index (κ2) is 3.91. The average Bonchev–Trinajstić information content (AvgIpc) is 2.26. The first-order valence-electron chi connectivity index (χ1n) is 4.11. The molecule has 1 N–H and O–H groups in total. The van der Waals surface area contributed by atoms with E-state index in [9.17, 15) is 8.42 Å². The van der Waals surface area contributed by atoms with Crippen LogP contribution in [0.1, 0.15) is 6.42 Å². The zero-order chi connectivity index (χ0) is 10.1. The minimum Gasteiger partial charge on any atom is -0.395 e. The molecule has 0 saturated carbocycles. The lowest BCUT2D eigenvalue weighted by Gasteiger charge is -2.14. The van der Waals surface area contributed by atoms with Crippen LogP contribution in [-0.4, -0.2) is 57.0 Å². The van der Waals surface area contributed by atoms with Gasteiger partial charge in [-0.2, -0.15) is 8.42 Å². The standard InChI is InChI=1S/C7H15NO4S/c1-8-4-7(3-6(8)5-9)12-13(2,10)11/h6-7,9H,3-5H2,1-2H3/t6-,7+/m0/s1. The van der Waals surface area contributed by atoms with Gasteiger partial charge in [-0.3, -0.25) is 9.08 Å². The third-order valence-electron chi connectivity index (χ3n) is 2.17. The van der Waals surface area contributed by atoms with Crippen LogP contribution in [0.15, 0.2) is 0 Å². The van der Waals surface area contributed by atoms with E-state index >= 15 is 0 Å². The summed E-state index contributed by atoms with van der Waals surface area (Å²) in [7, 11) is -1.53. The number of hydrogen-bond donors (Lipinski definition) is 1. The van der Waals surface area contributed by atoms with Crippen LogP contribution in [-0.2, 0) is 14.3 Å². The third kappa shape index (κ3) is 3.22. The summed E-state index contributed by atoms with van der Waals surface area (Å²) in [6, 6.07) is 0.0201. The summed E-state index contributed by atoms with van der Waals surface area (Å²) in [5.74, 6) is 0. The van der Waals surface area contributed by atoms with Crippen molar-refractivity contribution in [3.63, 3.8) is 0 Å². The number of nitrogens with zero attached hydrogens (tertiary/aromatic N) is 1. The molecule has 0 spiro atoms. The second-order valence-corrected chi connectivity index (χ2v) is 5.03. The molecule has 0 bridgehead atoms. The molecule has 1 rings (SSSR count). The van der Waals surface area contributed by atoms with Crippen LogP contribution in [0.4, 0.5) is 0 Å². The van der Waals surface area contributed by atoms with Crippen LogP contribution in [0.3, 0.4) is 0 Å². The summed E-state index contributed by atoms with van der Waals surface area (Å²) in [6.07, 6.45) is 1.30. The van der Waals surface area contributed by atoms with Gasteiger partial charge in [0.2, 0.25) is 0 Å². The summed E-state index contributed by atoms with van der Waals surface area (Å²) in [4.78, 5) is 1.90. The lowest BCUT2D eigenvalue weighted by molar-refractivity contribution is 0.182. The molecular weight excluding hydrogens is 194 g/mol. The smallest absolute Gasteiger partial charge is 0.264 e. The maximum Gasteiger partial charge on any atom is 0.264 e. The number of likely N-dealkylation sites (N-methyl/N-ethyl adjacent to an activating group) is 1. The molecule has 2 atom stereocenters. The van der Waals surface area contributed by atoms with Gasteiger partial charge in [0, 0.05) is 12.6 Å². The largest absolute Gasteiger partial charge is 0.395 e. The zero-order valence-electron chi connectivity index (χ0n) is 7.80. The molecule has 1 aliphatic heterocycles. The van der Waals surface area contributed by atoms with Gasteiger partial charge in [-0.25, -0.2) is 0 Å². The fourth-order valence-corrected chi connectivity index (χ4v) is 2.19. The Kier molecular flexibility index (Phi) is 3.28. The maximum atomic E-state index is 10.8. The highest BCUT2D eigenvalue weighted by molar-refractivity contribution is 7.86. The lowest BCUT2D eigenvalue weighted by Crippen LogP contribution is -2.28. The number of rotatable bonds is 3. The SMILES string of the molecule is CN1C[C@H](OS(C)(=O)=O)C[C@H]1CO. The molecule has 6 heteroatoms. The molecule has 0 aromatic heterocycles. The Bertz CT molecular complexity index is 264. The normalized spacial score (nSPS) is 31.0. The maximum absolute atomic E-state index is 10.8. The summed E-state index contributed by atoms with van der Waals surface area (Å²) in [6.45, 7) is 0.596. The Hall–Kier alpha value is -0.170. The van der Waals surface area contributed by atoms with E-state index < -0.39 is 10.1 Å². The van der Waals surface area contributed by atoms with Gasteiger partial charge < -0.3 is 5.11 Å². The zero-order valence-corrected chi connectivity index (χ0v) is 8.62. The minimum atomic E-state index is -3.37. The third-order valence-corrected chi connectivity index (χ3v) is 2.79. The second-order valence-electron chi connectivity index (χ2n) is 3.43. The monoisotopic (exact) mass is 209 g/mol. The number of aliphatic hydroxyl groups excluding tert-OH is 1. The molecular formula is C7H15NO4S. The first-order valence-corrected chi connectivity index (χ1v) is 5.93. The van der Waals surface area contributed by atoms with Crippen LogP contribution >= 0.6 is 0 Å². The minimum absolute atomic E-state index is 0.0201. The van der Waals surface area contributed by atoms with E-state index in [0.717, 1.165) is 6.26 Å². The lowest BCUT2D eigenvalue weighted by atomic mass is 10.2. The molecule has 78 valence electrons. The van der Waals surface area contributed by atoms with Crippen molar-refractivity contribution in [1.82, 2.24) is 4.90 Å². The van der Waals surface area contributed by atoms with Gasteiger partial charge in [0.1, 0.15) is 0 Å². The van der Waals surface area contributed by atoms with E-state index in [1.54, 1.807) is 0 Å². The molecule has 1 heterocycles. The summed E-state index contributed by atoms with van der Waals surface area (Å²) < 4.78 is 26.4. The van der Waals surface area contributed by atoms with Crippen molar-refractivity contribution in [3.05, 3.63) is 0 Å². The van der Waals surface area contributed by atoms with Crippen LogP contribution in [0.25, 0.3) is 0 Å². The van der Waals surface area contributed by atoms with Crippen molar-refractivity contribution >= 4 is 10.1 Å². The van der Waals surface area contributed by atoms with Gasteiger partial charge >= 0.3 is 0 Å². The molecule has 0 radical (unpaired) electrons. The topological polar surface area (TPSA) is 66.8 Å². The predicted octanol–water partition coefficient (Wildman–Crippen LogP) is -0.972. The van der Waals surface area contributed by atoms with E-state index in [1.165, 1.54) is 0 Å². The summed E-state index contributed by atoms with van der Waals surface area (Å²) in [5.41, 5.74) is 0. The number of hydrogen-bond acceptors (Lipinski definition) is 5. The number of aliphatic hydroxyl groups is 1. The highest BCUT2D eigenvalue weighted by Gasteiger charge is 2.31. The van der Waals surface area contributed by atoms with Crippen molar-refractivity contribution in [2.75, 3.05) is 26.5 Å². The van der Waals surface area contributed by atoms with E-state index in [4.69, 9.17) is 9.29 Å². The molecule has 0 unspecified atom stereocenters. The Labute approximate surface area is 78.4 Å². The molecule has 0 aromatic carbocycles. The highest BCUT2D eigenvalue weighted by atomic mass is 32.2. The van der Waals surface area contributed by atoms with Crippen molar-refractivity contribution < 1.29 is 17.7 Å². The Morgan fingerprint density at radius 3 is 2.62 bits per heavy atom. The van der Waals surface area contributed by atoms with Gasteiger partial charge in [0.25, 0.3) is 10.1 Å². The van der Waals surface area contributed by atoms with E-state index in [0.29, 0.717) is 13.0 Å².